The number of hydrogen-bond acceptors (Lipinski definition) is 3. The minimum atomic E-state index is 0.176. The van der Waals surface area contributed by atoms with Gasteiger partial charge in [-0.2, -0.15) is 0 Å². The Bertz CT molecular complexity index is 577. The van der Waals surface area contributed by atoms with Crippen LogP contribution < -0.4 is 4.74 Å². The van der Waals surface area contributed by atoms with Crippen molar-refractivity contribution in [3.8, 4) is 11.5 Å². The van der Waals surface area contributed by atoms with E-state index in [1.54, 1.807) is 13.2 Å². The van der Waals surface area contributed by atoms with Crippen molar-refractivity contribution in [3.63, 3.8) is 0 Å². The third kappa shape index (κ3) is 2.94. The van der Waals surface area contributed by atoms with Crippen LogP contribution in [0.3, 0.4) is 0 Å². The molecule has 1 N–H and O–H groups in total. The molecule has 0 saturated heterocycles. The van der Waals surface area contributed by atoms with Gasteiger partial charge in [0.05, 0.1) is 12.8 Å². The molecule has 0 amide bonds. The lowest BCUT2D eigenvalue weighted by Crippen LogP contribution is -2.04. The molecular formula is C16H17NO2. The summed E-state index contributed by atoms with van der Waals surface area (Å²) in [7, 11) is 1.58. The zero-order valence-corrected chi connectivity index (χ0v) is 11.1. The van der Waals surface area contributed by atoms with Crippen LogP contribution in [0.4, 0.5) is 0 Å². The Hall–Kier alpha value is -2.29. The van der Waals surface area contributed by atoms with Crippen molar-refractivity contribution < 1.29 is 9.84 Å². The summed E-state index contributed by atoms with van der Waals surface area (Å²) in [5.41, 5.74) is 2.50. The number of nitrogens with zero attached hydrogens (tertiary/aromatic N) is 1. The van der Waals surface area contributed by atoms with Gasteiger partial charge in [0.15, 0.2) is 0 Å². The van der Waals surface area contributed by atoms with E-state index in [0.29, 0.717) is 17.9 Å². The van der Waals surface area contributed by atoms with Crippen LogP contribution in [-0.2, 0) is 0 Å². The molecule has 98 valence electrons. The summed E-state index contributed by atoms with van der Waals surface area (Å²) in [5, 5.41) is 10.1. The van der Waals surface area contributed by atoms with E-state index in [1.807, 2.05) is 49.4 Å². The first kappa shape index (κ1) is 13.1. The molecule has 19 heavy (non-hydrogen) atoms. The Balaban J connectivity index is 2.49. The van der Waals surface area contributed by atoms with Gasteiger partial charge in [-0.05, 0) is 19.1 Å². The maximum Gasteiger partial charge on any atom is 0.128 e. The Morgan fingerprint density at radius 3 is 2.47 bits per heavy atom. The van der Waals surface area contributed by atoms with Crippen LogP contribution in [0, 0.1) is 0 Å². The average molecular weight is 255 g/mol. The lowest BCUT2D eigenvalue weighted by atomic mass is 10.0. The molecule has 3 heteroatoms. The van der Waals surface area contributed by atoms with Gasteiger partial charge >= 0.3 is 0 Å². The van der Waals surface area contributed by atoms with Crippen LogP contribution in [0.1, 0.15) is 18.1 Å². The molecule has 0 aromatic heterocycles. The van der Waals surface area contributed by atoms with Crippen molar-refractivity contribution in [2.45, 2.75) is 6.92 Å². The van der Waals surface area contributed by atoms with Crippen LogP contribution in [-0.4, -0.2) is 24.5 Å². The number of hydrogen-bond donors (Lipinski definition) is 1. The number of phenols is 1. The van der Waals surface area contributed by atoms with E-state index >= 15 is 0 Å². The Kier molecular flexibility index (Phi) is 4.18. The average Bonchev–Trinajstić information content (AvgIpc) is 2.46. The highest BCUT2D eigenvalue weighted by Gasteiger charge is 2.11. The first-order valence-corrected chi connectivity index (χ1v) is 6.23. The van der Waals surface area contributed by atoms with E-state index in [0.717, 1.165) is 11.3 Å². The minimum Gasteiger partial charge on any atom is -0.507 e. The van der Waals surface area contributed by atoms with Gasteiger partial charge in [-0.25, -0.2) is 0 Å². The predicted molar refractivity (Wildman–Crippen MR) is 77.3 cm³/mol. The van der Waals surface area contributed by atoms with Gasteiger partial charge in [0, 0.05) is 23.7 Å². The molecule has 0 bridgehead atoms. The fourth-order valence-electron chi connectivity index (χ4n) is 1.92. The number of phenolic OH excluding ortho intramolecular Hbond substituents is 1. The molecule has 0 aliphatic heterocycles. The lowest BCUT2D eigenvalue weighted by molar-refractivity contribution is 0.407. The van der Waals surface area contributed by atoms with Gasteiger partial charge in [-0.15, -0.1) is 0 Å². The summed E-state index contributed by atoms with van der Waals surface area (Å²) in [4.78, 5) is 4.50. The van der Waals surface area contributed by atoms with Gasteiger partial charge in [0.25, 0.3) is 0 Å². The van der Waals surface area contributed by atoms with Gasteiger partial charge in [-0.1, -0.05) is 30.3 Å². The quantitative estimate of drug-likeness (QED) is 0.852. The Labute approximate surface area is 113 Å². The smallest absolute Gasteiger partial charge is 0.128 e. The second kappa shape index (κ2) is 6.05. The summed E-state index contributed by atoms with van der Waals surface area (Å²) in [6.45, 7) is 2.64. The minimum absolute atomic E-state index is 0.176. The molecule has 2 rings (SSSR count). The van der Waals surface area contributed by atoms with Crippen molar-refractivity contribution in [1.29, 1.82) is 0 Å². The van der Waals surface area contributed by atoms with E-state index in [4.69, 9.17) is 4.74 Å². The number of ether oxygens (including phenoxy) is 1. The van der Waals surface area contributed by atoms with E-state index in [1.165, 1.54) is 0 Å². The SMILES string of the molecule is CCN=C(c1ccccc1)c1ccc(OC)cc1O. The highest BCUT2D eigenvalue weighted by atomic mass is 16.5. The van der Waals surface area contributed by atoms with Gasteiger partial charge in [0.1, 0.15) is 11.5 Å². The Morgan fingerprint density at radius 1 is 1.16 bits per heavy atom. The fourth-order valence-corrected chi connectivity index (χ4v) is 1.92. The van der Waals surface area contributed by atoms with Crippen molar-refractivity contribution >= 4 is 5.71 Å². The molecule has 2 aromatic carbocycles. The molecule has 0 unspecified atom stereocenters. The van der Waals surface area contributed by atoms with Crippen LogP contribution in [0.15, 0.2) is 53.5 Å². The molecule has 0 atom stereocenters. The first-order chi connectivity index (χ1) is 9.26. The molecule has 0 aliphatic carbocycles. The molecule has 0 spiro atoms. The highest BCUT2D eigenvalue weighted by molar-refractivity contribution is 6.14. The normalized spacial score (nSPS) is 11.4. The monoisotopic (exact) mass is 255 g/mol. The molecular weight excluding hydrogens is 238 g/mol. The zero-order chi connectivity index (χ0) is 13.7. The molecule has 0 heterocycles. The molecule has 3 nitrogen and oxygen atoms in total. The maximum atomic E-state index is 10.1. The summed E-state index contributed by atoms with van der Waals surface area (Å²) in [6.07, 6.45) is 0. The fraction of sp³-hybridized carbons (Fsp3) is 0.188. The number of methoxy groups -OCH3 is 1. The van der Waals surface area contributed by atoms with Crippen molar-refractivity contribution in [2.75, 3.05) is 13.7 Å². The van der Waals surface area contributed by atoms with Crippen LogP contribution in [0.5, 0.6) is 11.5 Å². The molecule has 2 aromatic rings. The molecule has 0 radical (unpaired) electrons. The van der Waals surface area contributed by atoms with E-state index in [9.17, 15) is 5.11 Å². The maximum absolute atomic E-state index is 10.1. The third-order valence-electron chi connectivity index (χ3n) is 2.82. The first-order valence-electron chi connectivity index (χ1n) is 6.23. The van der Waals surface area contributed by atoms with Gasteiger partial charge in [0.2, 0.25) is 0 Å². The number of rotatable bonds is 4. The van der Waals surface area contributed by atoms with Crippen LogP contribution in [0.25, 0.3) is 0 Å². The summed E-state index contributed by atoms with van der Waals surface area (Å²) in [5.74, 6) is 0.806. The van der Waals surface area contributed by atoms with Crippen molar-refractivity contribution in [3.05, 3.63) is 59.7 Å². The van der Waals surface area contributed by atoms with Crippen molar-refractivity contribution in [1.82, 2.24) is 0 Å². The standard InChI is InChI=1S/C16H17NO2/c1-3-17-16(12-7-5-4-6-8-12)14-10-9-13(19-2)11-15(14)18/h4-11,18H,3H2,1-2H3. The highest BCUT2D eigenvalue weighted by Crippen LogP contribution is 2.26. The summed E-state index contributed by atoms with van der Waals surface area (Å²) < 4.78 is 5.10. The summed E-state index contributed by atoms with van der Waals surface area (Å²) >= 11 is 0. The van der Waals surface area contributed by atoms with Crippen molar-refractivity contribution in [2.24, 2.45) is 4.99 Å². The third-order valence-corrected chi connectivity index (χ3v) is 2.82. The topological polar surface area (TPSA) is 41.8 Å². The number of benzene rings is 2. The van der Waals surface area contributed by atoms with Crippen LogP contribution in [0.2, 0.25) is 0 Å². The molecule has 0 aliphatic rings. The van der Waals surface area contributed by atoms with E-state index in [2.05, 4.69) is 4.99 Å². The van der Waals surface area contributed by atoms with E-state index in [-0.39, 0.29) is 5.75 Å². The van der Waals surface area contributed by atoms with E-state index < -0.39 is 0 Å². The van der Waals surface area contributed by atoms with Gasteiger partial charge in [-0.3, -0.25) is 4.99 Å². The lowest BCUT2D eigenvalue weighted by Gasteiger charge is -2.10. The zero-order valence-electron chi connectivity index (χ0n) is 11.1. The largest absolute Gasteiger partial charge is 0.507 e. The second-order valence-corrected chi connectivity index (χ2v) is 4.07. The summed E-state index contributed by atoms with van der Waals surface area (Å²) in [6, 6.07) is 15.1. The number of aliphatic imine (C=N–C) groups is 1. The second-order valence-electron chi connectivity index (χ2n) is 4.07. The molecule has 0 saturated carbocycles. The molecule has 0 fully saturated rings. The van der Waals surface area contributed by atoms with Crippen LogP contribution >= 0.6 is 0 Å². The van der Waals surface area contributed by atoms with Gasteiger partial charge < -0.3 is 9.84 Å². The Morgan fingerprint density at radius 2 is 1.89 bits per heavy atom. The number of aromatic hydroxyl groups is 1. The predicted octanol–water partition coefficient (Wildman–Crippen LogP) is 3.26.